The number of likely N-dealkylation sites (tertiary alicyclic amines) is 1. The maximum absolute atomic E-state index is 12.7. The summed E-state index contributed by atoms with van der Waals surface area (Å²) < 4.78 is 5.83. The molecule has 0 saturated carbocycles. The van der Waals surface area contributed by atoms with Gasteiger partial charge >= 0.3 is 0 Å². The van der Waals surface area contributed by atoms with Crippen LogP contribution in [0.1, 0.15) is 35.0 Å². The minimum Gasteiger partial charge on any atom is -0.440 e. The van der Waals surface area contributed by atoms with Crippen molar-refractivity contribution in [2.24, 2.45) is 0 Å². The van der Waals surface area contributed by atoms with Gasteiger partial charge in [-0.2, -0.15) is 0 Å². The molecule has 0 unspecified atom stereocenters. The Balaban J connectivity index is 1.48. The zero-order valence-electron chi connectivity index (χ0n) is 14.0. The molecular weight excluding hydrogens is 334 g/mol. The van der Waals surface area contributed by atoms with Crippen molar-refractivity contribution in [3.63, 3.8) is 0 Å². The van der Waals surface area contributed by atoms with Gasteiger partial charge in [0, 0.05) is 25.1 Å². The second-order valence-corrected chi connectivity index (χ2v) is 6.36. The summed E-state index contributed by atoms with van der Waals surface area (Å²) in [6, 6.07) is 13.7. The van der Waals surface area contributed by atoms with Gasteiger partial charge in [-0.15, -0.1) is 0 Å². The van der Waals surface area contributed by atoms with E-state index in [1.807, 2.05) is 24.3 Å². The molecule has 0 radical (unpaired) electrons. The average molecular weight is 351 g/mol. The minimum atomic E-state index is -0.516. The molecule has 3 aromatic rings. The number of carbonyl (C=O) groups is 1. The first-order chi connectivity index (χ1) is 12.6. The number of benzene rings is 2. The highest BCUT2D eigenvalue weighted by Crippen LogP contribution is 2.31. The van der Waals surface area contributed by atoms with Crippen molar-refractivity contribution in [3.05, 3.63) is 70.1 Å². The third-order valence-electron chi connectivity index (χ3n) is 4.77. The second-order valence-electron chi connectivity index (χ2n) is 6.36. The van der Waals surface area contributed by atoms with Gasteiger partial charge in [0.05, 0.1) is 4.92 Å². The molecule has 1 fully saturated rings. The lowest BCUT2D eigenvalue weighted by Crippen LogP contribution is -2.38. The fourth-order valence-corrected chi connectivity index (χ4v) is 3.38. The standard InChI is InChI=1S/C19H17N3O4/c23-19(14-5-1-3-7-16(14)22(24)25)21-11-9-13(10-12-21)18-20-15-6-2-4-8-17(15)26-18/h1-8,13H,9-12H2. The number of fused-ring (bicyclic) bond motifs is 1. The Hall–Kier alpha value is -3.22. The van der Waals surface area contributed by atoms with Gasteiger partial charge in [-0.25, -0.2) is 4.98 Å². The van der Waals surface area contributed by atoms with Gasteiger partial charge in [-0.05, 0) is 31.0 Å². The number of hydrogen-bond acceptors (Lipinski definition) is 5. The molecule has 2 aromatic carbocycles. The fourth-order valence-electron chi connectivity index (χ4n) is 3.38. The normalized spacial score (nSPS) is 15.3. The van der Waals surface area contributed by atoms with E-state index < -0.39 is 4.92 Å². The number of oxazole rings is 1. The van der Waals surface area contributed by atoms with Crippen LogP contribution in [-0.4, -0.2) is 33.8 Å². The first kappa shape index (κ1) is 16.3. The van der Waals surface area contributed by atoms with Crippen molar-refractivity contribution >= 4 is 22.7 Å². The Bertz CT molecular complexity index is 941. The topological polar surface area (TPSA) is 89.5 Å². The van der Waals surface area contributed by atoms with Crippen LogP contribution in [0.3, 0.4) is 0 Å². The zero-order chi connectivity index (χ0) is 18.1. The van der Waals surface area contributed by atoms with E-state index >= 15 is 0 Å². The lowest BCUT2D eigenvalue weighted by molar-refractivity contribution is -0.385. The molecule has 132 valence electrons. The van der Waals surface area contributed by atoms with E-state index in [1.54, 1.807) is 17.0 Å². The van der Waals surface area contributed by atoms with E-state index in [9.17, 15) is 14.9 Å². The average Bonchev–Trinajstić information content (AvgIpc) is 3.12. The van der Waals surface area contributed by atoms with Gasteiger partial charge < -0.3 is 9.32 Å². The lowest BCUT2D eigenvalue weighted by Gasteiger charge is -2.30. The molecule has 26 heavy (non-hydrogen) atoms. The summed E-state index contributed by atoms with van der Waals surface area (Å²) in [7, 11) is 0. The van der Waals surface area contributed by atoms with Crippen molar-refractivity contribution < 1.29 is 14.1 Å². The number of nitro groups is 1. The van der Waals surface area contributed by atoms with Crippen molar-refractivity contribution in [1.29, 1.82) is 0 Å². The Morgan fingerprint density at radius 1 is 1.12 bits per heavy atom. The maximum Gasteiger partial charge on any atom is 0.282 e. The number of aromatic nitrogens is 1. The second kappa shape index (κ2) is 6.59. The van der Waals surface area contributed by atoms with E-state index in [0.29, 0.717) is 19.0 Å². The van der Waals surface area contributed by atoms with E-state index in [4.69, 9.17) is 4.42 Å². The van der Waals surface area contributed by atoms with Crippen LogP contribution in [0.15, 0.2) is 52.9 Å². The van der Waals surface area contributed by atoms with Crippen LogP contribution in [0.25, 0.3) is 11.1 Å². The van der Waals surface area contributed by atoms with Crippen LogP contribution in [0.2, 0.25) is 0 Å². The Kier molecular flexibility index (Phi) is 4.12. The summed E-state index contributed by atoms with van der Waals surface area (Å²) in [5, 5.41) is 11.1. The summed E-state index contributed by atoms with van der Waals surface area (Å²) in [6.07, 6.45) is 1.44. The highest BCUT2D eigenvalue weighted by Gasteiger charge is 2.30. The smallest absolute Gasteiger partial charge is 0.282 e. The number of piperidine rings is 1. The Morgan fingerprint density at radius 3 is 2.54 bits per heavy atom. The highest BCUT2D eigenvalue weighted by molar-refractivity contribution is 5.98. The van der Waals surface area contributed by atoms with Crippen molar-refractivity contribution in [2.75, 3.05) is 13.1 Å². The summed E-state index contributed by atoms with van der Waals surface area (Å²) in [5.41, 5.74) is 1.58. The van der Waals surface area contributed by atoms with Crippen LogP contribution >= 0.6 is 0 Å². The lowest BCUT2D eigenvalue weighted by atomic mass is 9.96. The molecule has 7 heteroatoms. The third kappa shape index (κ3) is 2.92. The zero-order valence-corrected chi connectivity index (χ0v) is 14.0. The molecule has 1 aromatic heterocycles. The van der Waals surface area contributed by atoms with E-state index in [1.165, 1.54) is 12.1 Å². The van der Waals surface area contributed by atoms with Crippen molar-refractivity contribution in [2.45, 2.75) is 18.8 Å². The minimum absolute atomic E-state index is 0.137. The molecule has 0 bridgehead atoms. The van der Waals surface area contributed by atoms with Crippen LogP contribution in [-0.2, 0) is 0 Å². The molecule has 0 spiro atoms. The van der Waals surface area contributed by atoms with Crippen molar-refractivity contribution in [3.8, 4) is 0 Å². The molecule has 1 aliphatic rings. The third-order valence-corrected chi connectivity index (χ3v) is 4.77. The number of rotatable bonds is 3. The molecular formula is C19H17N3O4. The maximum atomic E-state index is 12.7. The number of hydrogen-bond donors (Lipinski definition) is 0. The number of para-hydroxylation sites is 3. The Labute approximate surface area is 149 Å². The van der Waals surface area contributed by atoms with Gasteiger partial charge in [0.15, 0.2) is 11.5 Å². The summed E-state index contributed by atoms with van der Waals surface area (Å²) in [6.45, 7) is 1.04. The van der Waals surface area contributed by atoms with Crippen molar-refractivity contribution in [1.82, 2.24) is 9.88 Å². The molecule has 7 nitrogen and oxygen atoms in total. The number of carbonyl (C=O) groups excluding carboxylic acids is 1. The Morgan fingerprint density at radius 2 is 1.81 bits per heavy atom. The summed E-state index contributed by atoms with van der Waals surface area (Å²) >= 11 is 0. The van der Waals surface area contributed by atoms with Crippen LogP contribution in [0, 0.1) is 10.1 Å². The highest BCUT2D eigenvalue weighted by atomic mass is 16.6. The summed E-state index contributed by atoms with van der Waals surface area (Å²) in [4.78, 5) is 29.5. The SMILES string of the molecule is O=C(c1ccccc1[N+](=O)[O-])N1CCC(c2nc3ccccc3o2)CC1. The first-order valence-corrected chi connectivity index (χ1v) is 8.51. The predicted octanol–water partition coefficient (Wildman–Crippen LogP) is 3.76. The molecule has 1 aliphatic heterocycles. The number of nitrogens with zero attached hydrogens (tertiary/aromatic N) is 3. The van der Waals surface area contributed by atoms with Gasteiger partial charge in [-0.3, -0.25) is 14.9 Å². The van der Waals surface area contributed by atoms with Gasteiger partial charge in [0.25, 0.3) is 11.6 Å². The van der Waals surface area contributed by atoms with Crippen LogP contribution in [0.5, 0.6) is 0 Å². The molecule has 0 aliphatic carbocycles. The number of amides is 1. The molecule has 4 rings (SSSR count). The van der Waals surface area contributed by atoms with Crippen LogP contribution < -0.4 is 0 Å². The van der Waals surface area contributed by atoms with E-state index in [2.05, 4.69) is 4.98 Å². The first-order valence-electron chi connectivity index (χ1n) is 8.51. The van der Waals surface area contributed by atoms with Gasteiger partial charge in [0.2, 0.25) is 0 Å². The molecule has 1 saturated heterocycles. The van der Waals surface area contributed by atoms with Gasteiger partial charge in [-0.1, -0.05) is 24.3 Å². The predicted molar refractivity (Wildman–Crippen MR) is 95.0 cm³/mol. The monoisotopic (exact) mass is 351 g/mol. The molecule has 2 heterocycles. The molecule has 0 N–H and O–H groups in total. The molecule has 1 amide bonds. The number of nitro benzene ring substituents is 1. The largest absolute Gasteiger partial charge is 0.440 e. The fraction of sp³-hybridized carbons (Fsp3) is 0.263. The summed E-state index contributed by atoms with van der Waals surface area (Å²) in [5.74, 6) is 0.550. The van der Waals surface area contributed by atoms with Crippen LogP contribution in [0.4, 0.5) is 5.69 Å². The van der Waals surface area contributed by atoms with E-state index in [0.717, 1.165) is 23.9 Å². The van der Waals surface area contributed by atoms with E-state index in [-0.39, 0.29) is 23.1 Å². The molecule has 0 atom stereocenters. The quantitative estimate of drug-likeness (QED) is 0.529. The van der Waals surface area contributed by atoms with Gasteiger partial charge in [0.1, 0.15) is 11.1 Å².